The number of pyridine rings is 2. The molecule has 3 aromatic rings. The van der Waals surface area contributed by atoms with Gasteiger partial charge in [0, 0.05) is 19.3 Å². The van der Waals surface area contributed by atoms with Gasteiger partial charge in [-0.25, -0.2) is 14.5 Å². The van der Waals surface area contributed by atoms with Crippen molar-refractivity contribution in [1.82, 2.24) is 24.9 Å². The van der Waals surface area contributed by atoms with E-state index < -0.39 is 0 Å². The molecule has 0 spiro atoms. The Morgan fingerprint density at radius 2 is 2.04 bits per heavy atom. The Hall–Kier alpha value is -3.00. The van der Waals surface area contributed by atoms with Crippen LogP contribution in [0.4, 0.5) is 5.82 Å². The number of amides is 1. The number of fused-ring (bicyclic) bond motifs is 1. The number of carbonyl (C=O) groups is 1. The Balaban J connectivity index is 1.41. The van der Waals surface area contributed by atoms with Gasteiger partial charge in [-0.2, -0.15) is 5.10 Å². The molecule has 1 aliphatic heterocycles. The quantitative estimate of drug-likeness (QED) is 0.760. The van der Waals surface area contributed by atoms with E-state index in [0.717, 1.165) is 30.2 Å². The molecule has 1 N–H and O–H groups in total. The van der Waals surface area contributed by atoms with E-state index in [9.17, 15) is 4.79 Å². The lowest BCUT2D eigenvalue weighted by molar-refractivity contribution is 0.0949. The van der Waals surface area contributed by atoms with Gasteiger partial charge in [0.2, 0.25) is 0 Å². The third-order valence-electron chi connectivity index (χ3n) is 4.16. The Morgan fingerprint density at radius 1 is 1.16 bits per heavy atom. The van der Waals surface area contributed by atoms with Gasteiger partial charge in [0.15, 0.2) is 5.65 Å². The highest BCUT2D eigenvalue weighted by molar-refractivity contribution is 5.94. The number of anilines is 1. The van der Waals surface area contributed by atoms with Gasteiger partial charge in [-0.15, -0.1) is 0 Å². The number of rotatable bonds is 4. The summed E-state index contributed by atoms with van der Waals surface area (Å²) in [5, 5.41) is 7.05. The highest BCUT2D eigenvalue weighted by atomic mass is 16.5. The molecule has 1 fully saturated rings. The molecule has 1 saturated heterocycles. The van der Waals surface area contributed by atoms with Crippen molar-refractivity contribution in [2.75, 3.05) is 31.2 Å². The maximum absolute atomic E-state index is 12.3. The predicted octanol–water partition coefficient (Wildman–Crippen LogP) is 0.891. The molecule has 128 valence electrons. The van der Waals surface area contributed by atoms with E-state index in [0.29, 0.717) is 25.3 Å². The molecule has 1 aliphatic rings. The fourth-order valence-corrected chi connectivity index (χ4v) is 2.81. The number of morpholine rings is 1. The Bertz CT molecular complexity index is 870. The summed E-state index contributed by atoms with van der Waals surface area (Å²) in [5.74, 6) is 0.699. The first kappa shape index (κ1) is 15.5. The van der Waals surface area contributed by atoms with E-state index in [1.807, 2.05) is 24.3 Å². The zero-order chi connectivity index (χ0) is 17.1. The fourth-order valence-electron chi connectivity index (χ4n) is 2.81. The van der Waals surface area contributed by atoms with Gasteiger partial charge in [0.05, 0.1) is 31.0 Å². The van der Waals surface area contributed by atoms with E-state index in [-0.39, 0.29) is 5.91 Å². The van der Waals surface area contributed by atoms with Crippen molar-refractivity contribution in [3.05, 3.63) is 54.1 Å². The first-order chi connectivity index (χ1) is 12.3. The van der Waals surface area contributed by atoms with Crippen molar-refractivity contribution in [2.45, 2.75) is 6.54 Å². The first-order valence-corrected chi connectivity index (χ1v) is 8.16. The Labute approximate surface area is 144 Å². The van der Waals surface area contributed by atoms with Gasteiger partial charge in [-0.1, -0.05) is 6.07 Å². The molecule has 4 heterocycles. The molecule has 8 nitrogen and oxygen atoms in total. The molecule has 8 heteroatoms. The van der Waals surface area contributed by atoms with E-state index in [2.05, 4.69) is 25.3 Å². The van der Waals surface area contributed by atoms with E-state index >= 15 is 0 Å². The zero-order valence-electron chi connectivity index (χ0n) is 13.6. The molecular weight excluding hydrogens is 320 g/mol. The third kappa shape index (κ3) is 3.29. The van der Waals surface area contributed by atoms with Gasteiger partial charge in [-0.05, 0) is 24.3 Å². The number of aromatic nitrogens is 4. The van der Waals surface area contributed by atoms with Crippen LogP contribution in [0.25, 0.3) is 5.65 Å². The molecule has 0 bridgehead atoms. The van der Waals surface area contributed by atoms with Crippen LogP contribution in [0, 0.1) is 0 Å². The van der Waals surface area contributed by atoms with Crippen LogP contribution in [0.5, 0.6) is 0 Å². The molecule has 3 aromatic heterocycles. The topological polar surface area (TPSA) is 84.7 Å². The molecule has 0 aliphatic carbocycles. The summed E-state index contributed by atoms with van der Waals surface area (Å²) in [5.41, 5.74) is 2.15. The molecule has 0 saturated carbocycles. The molecule has 0 radical (unpaired) electrons. The molecular formula is C17H18N6O2. The van der Waals surface area contributed by atoms with Gasteiger partial charge in [0.25, 0.3) is 5.91 Å². The van der Waals surface area contributed by atoms with Crippen LogP contribution in [0.3, 0.4) is 0 Å². The SMILES string of the molecule is O=C(NCc1cccc2ncnn12)c1ccc(N2CCOCC2)nc1. The van der Waals surface area contributed by atoms with E-state index in [1.165, 1.54) is 6.33 Å². The number of carbonyl (C=O) groups excluding carboxylic acids is 1. The van der Waals surface area contributed by atoms with Gasteiger partial charge < -0.3 is 15.0 Å². The summed E-state index contributed by atoms with van der Waals surface area (Å²) in [6, 6.07) is 9.33. The second-order valence-electron chi connectivity index (χ2n) is 5.73. The van der Waals surface area contributed by atoms with Crippen molar-refractivity contribution in [3.63, 3.8) is 0 Å². The van der Waals surface area contributed by atoms with Crippen molar-refractivity contribution in [2.24, 2.45) is 0 Å². The second-order valence-corrected chi connectivity index (χ2v) is 5.73. The highest BCUT2D eigenvalue weighted by Gasteiger charge is 2.13. The van der Waals surface area contributed by atoms with E-state index in [4.69, 9.17) is 4.74 Å². The first-order valence-electron chi connectivity index (χ1n) is 8.16. The van der Waals surface area contributed by atoms with Crippen LogP contribution in [0.15, 0.2) is 42.9 Å². The van der Waals surface area contributed by atoms with Gasteiger partial charge in [0.1, 0.15) is 12.1 Å². The van der Waals surface area contributed by atoms with E-state index in [1.54, 1.807) is 16.8 Å². The average Bonchev–Trinajstić information content (AvgIpc) is 3.16. The van der Waals surface area contributed by atoms with Crippen LogP contribution in [-0.2, 0) is 11.3 Å². The highest BCUT2D eigenvalue weighted by Crippen LogP contribution is 2.13. The Kier molecular flexibility index (Phi) is 4.26. The molecule has 25 heavy (non-hydrogen) atoms. The smallest absolute Gasteiger partial charge is 0.253 e. The monoisotopic (exact) mass is 338 g/mol. The third-order valence-corrected chi connectivity index (χ3v) is 4.16. The lowest BCUT2D eigenvalue weighted by Crippen LogP contribution is -2.36. The number of nitrogens with one attached hydrogen (secondary N) is 1. The summed E-state index contributed by atoms with van der Waals surface area (Å²) in [6.45, 7) is 3.42. The second kappa shape index (κ2) is 6.86. The van der Waals surface area contributed by atoms with Gasteiger partial charge in [-0.3, -0.25) is 4.79 Å². The minimum Gasteiger partial charge on any atom is -0.378 e. The number of nitrogens with zero attached hydrogens (tertiary/aromatic N) is 5. The summed E-state index contributed by atoms with van der Waals surface area (Å²) < 4.78 is 7.05. The Morgan fingerprint density at radius 3 is 2.84 bits per heavy atom. The molecule has 0 atom stereocenters. The van der Waals surface area contributed by atoms with Crippen molar-refractivity contribution in [1.29, 1.82) is 0 Å². The molecule has 4 rings (SSSR count). The van der Waals surface area contributed by atoms with Crippen LogP contribution in [0.1, 0.15) is 16.1 Å². The van der Waals surface area contributed by atoms with Crippen molar-refractivity contribution in [3.8, 4) is 0 Å². The minimum absolute atomic E-state index is 0.168. The predicted molar refractivity (Wildman–Crippen MR) is 91.4 cm³/mol. The lowest BCUT2D eigenvalue weighted by atomic mass is 10.2. The maximum Gasteiger partial charge on any atom is 0.253 e. The summed E-state index contributed by atoms with van der Waals surface area (Å²) >= 11 is 0. The van der Waals surface area contributed by atoms with Crippen molar-refractivity contribution >= 4 is 17.4 Å². The minimum atomic E-state index is -0.168. The largest absolute Gasteiger partial charge is 0.378 e. The van der Waals surface area contributed by atoms with Crippen LogP contribution < -0.4 is 10.2 Å². The van der Waals surface area contributed by atoms with Crippen LogP contribution in [-0.4, -0.2) is 51.8 Å². The van der Waals surface area contributed by atoms with Crippen molar-refractivity contribution < 1.29 is 9.53 Å². The molecule has 0 aromatic carbocycles. The van der Waals surface area contributed by atoms with Crippen LogP contribution in [0.2, 0.25) is 0 Å². The molecule has 0 unspecified atom stereocenters. The normalized spacial score (nSPS) is 14.6. The van der Waals surface area contributed by atoms with Gasteiger partial charge >= 0.3 is 0 Å². The maximum atomic E-state index is 12.3. The average molecular weight is 338 g/mol. The fraction of sp³-hybridized carbons (Fsp3) is 0.294. The zero-order valence-corrected chi connectivity index (χ0v) is 13.6. The van der Waals surface area contributed by atoms with Crippen LogP contribution >= 0.6 is 0 Å². The number of hydrogen-bond donors (Lipinski definition) is 1. The number of hydrogen-bond acceptors (Lipinski definition) is 6. The summed E-state index contributed by atoms with van der Waals surface area (Å²) in [7, 11) is 0. The lowest BCUT2D eigenvalue weighted by Gasteiger charge is -2.27. The number of ether oxygens (including phenoxy) is 1. The summed E-state index contributed by atoms with van der Waals surface area (Å²) in [6.07, 6.45) is 3.10. The summed E-state index contributed by atoms with van der Waals surface area (Å²) in [4.78, 5) is 23.0. The molecule has 1 amide bonds. The standard InChI is InChI=1S/C17H18N6O2/c24-17(19-11-14-2-1-3-16-20-12-21-23(14)16)13-4-5-15(18-10-13)22-6-8-25-9-7-22/h1-5,10,12H,6-9,11H2,(H,19,24).